The van der Waals surface area contributed by atoms with Gasteiger partial charge in [0.15, 0.2) is 0 Å². The Balaban J connectivity index is 1.51. The molecule has 33 heavy (non-hydrogen) atoms. The van der Waals surface area contributed by atoms with E-state index in [1.807, 2.05) is 54.7 Å². The van der Waals surface area contributed by atoms with E-state index >= 15 is 0 Å². The maximum absolute atomic E-state index is 12.7. The van der Waals surface area contributed by atoms with Gasteiger partial charge in [-0.05, 0) is 37.6 Å². The normalized spacial score (nSPS) is 13.3. The first-order chi connectivity index (χ1) is 15.9. The highest BCUT2D eigenvalue weighted by Crippen LogP contribution is 2.39. The maximum atomic E-state index is 12.7. The van der Waals surface area contributed by atoms with E-state index in [4.69, 9.17) is 9.05 Å². The highest BCUT2D eigenvalue weighted by Gasteiger charge is 2.15. The number of ketones is 1. The molecule has 0 spiro atoms. The second-order valence-electron chi connectivity index (χ2n) is 8.35. The highest BCUT2D eigenvalue weighted by atomic mass is 31.2. The Labute approximate surface area is 195 Å². The quantitative estimate of drug-likeness (QED) is 0.230. The number of nitrogens with zero attached hydrogens (tertiary/aromatic N) is 1. The van der Waals surface area contributed by atoms with Gasteiger partial charge in [-0.2, -0.15) is 0 Å². The van der Waals surface area contributed by atoms with Crippen LogP contribution in [0.15, 0.2) is 60.8 Å². The first kappa shape index (κ1) is 25.3. The highest BCUT2D eigenvalue weighted by molar-refractivity contribution is 7.45. The summed E-state index contributed by atoms with van der Waals surface area (Å²) in [6.07, 6.45) is 5.15. The van der Waals surface area contributed by atoms with Gasteiger partial charge in [-0.25, -0.2) is 0 Å². The molecule has 0 radical (unpaired) electrons. The van der Waals surface area contributed by atoms with Crippen molar-refractivity contribution in [2.24, 2.45) is 0 Å². The number of hydrogen-bond acceptors (Lipinski definition) is 6. The lowest BCUT2D eigenvalue weighted by Gasteiger charge is -2.24. The number of carbonyl (C=O) groups is 1. The third kappa shape index (κ3) is 7.86. The van der Waals surface area contributed by atoms with Gasteiger partial charge in [0, 0.05) is 30.0 Å². The van der Waals surface area contributed by atoms with Crippen LogP contribution < -0.4 is 4.89 Å². The molecule has 7 heteroatoms. The lowest BCUT2D eigenvalue weighted by Crippen LogP contribution is -2.13. The van der Waals surface area contributed by atoms with Gasteiger partial charge in [-0.15, -0.1) is 0 Å². The summed E-state index contributed by atoms with van der Waals surface area (Å²) in [6, 6.07) is 18.2. The molecule has 1 heterocycles. The fraction of sp³-hybridized carbons (Fsp3) is 0.385. The number of fused-ring (bicyclic) bond motifs is 1. The molecule has 0 aliphatic heterocycles. The summed E-state index contributed by atoms with van der Waals surface area (Å²) in [4.78, 5) is 28.9. The summed E-state index contributed by atoms with van der Waals surface area (Å²) in [5.74, 6) is 0.153. The number of rotatable bonds is 13. The molecule has 3 rings (SSSR count). The molecule has 0 aliphatic rings. The first-order valence-corrected chi connectivity index (χ1v) is 12.9. The lowest BCUT2D eigenvalue weighted by molar-refractivity contribution is -0.228. The number of phosphoric acid groups is 1. The molecule has 0 amide bonds. The Bertz CT molecular complexity index is 1100. The van der Waals surface area contributed by atoms with E-state index in [1.165, 1.54) is 0 Å². The number of phosphoric ester groups is 1. The Hall–Kier alpha value is -2.37. The van der Waals surface area contributed by atoms with Gasteiger partial charge in [-0.1, -0.05) is 67.4 Å². The molecule has 6 nitrogen and oxygen atoms in total. The van der Waals surface area contributed by atoms with Gasteiger partial charge in [0.2, 0.25) is 0 Å². The summed E-state index contributed by atoms with van der Waals surface area (Å²) in [5.41, 5.74) is 2.88. The van der Waals surface area contributed by atoms with Crippen molar-refractivity contribution in [1.29, 1.82) is 0 Å². The molecule has 2 aromatic carbocycles. The molecule has 3 aromatic rings. The van der Waals surface area contributed by atoms with Gasteiger partial charge in [0.05, 0.1) is 18.4 Å². The van der Waals surface area contributed by atoms with E-state index in [1.54, 1.807) is 13.8 Å². The third-order valence-corrected chi connectivity index (χ3v) is 6.42. The van der Waals surface area contributed by atoms with Crippen LogP contribution >= 0.6 is 7.82 Å². The standard InChI is InChI=1S/C26H32NO5P/c1-20(2)32-33(29,30)31-17-11-4-3-8-15-23(28)18-25-26(21-12-6-5-7-13-21)24-16-10-9-14-22(24)19-27-25/h5-7,9-10,12-14,16,19-20H,3-4,8,11,15,17-18H2,1-2H3,(H,29,30)/p-1. The minimum atomic E-state index is -4.22. The van der Waals surface area contributed by atoms with E-state index in [0.29, 0.717) is 19.3 Å². The second kappa shape index (κ2) is 12.2. The van der Waals surface area contributed by atoms with Crippen molar-refractivity contribution in [1.82, 2.24) is 4.98 Å². The van der Waals surface area contributed by atoms with Crippen LogP contribution in [0.4, 0.5) is 0 Å². The Morgan fingerprint density at radius 1 is 1.00 bits per heavy atom. The van der Waals surface area contributed by atoms with E-state index in [2.05, 4.69) is 11.1 Å². The van der Waals surface area contributed by atoms with Gasteiger partial charge in [0.1, 0.15) is 5.78 Å². The molecule has 0 saturated heterocycles. The topological polar surface area (TPSA) is 88.5 Å². The average molecular weight is 469 g/mol. The van der Waals surface area contributed by atoms with Gasteiger partial charge < -0.3 is 13.9 Å². The van der Waals surface area contributed by atoms with Crippen LogP contribution in [0.2, 0.25) is 0 Å². The number of Topliss-reactive ketones (excluding diaryl/α,β-unsaturated/α-hetero) is 1. The summed E-state index contributed by atoms with van der Waals surface area (Å²) >= 11 is 0. The zero-order valence-corrected chi connectivity index (χ0v) is 20.1. The molecule has 1 unspecified atom stereocenters. The van der Waals surface area contributed by atoms with Crippen LogP contribution in [-0.4, -0.2) is 23.5 Å². The number of carbonyl (C=O) groups excluding carboxylic acids is 1. The van der Waals surface area contributed by atoms with E-state index in [0.717, 1.165) is 46.9 Å². The Kier molecular flexibility index (Phi) is 9.33. The molecule has 0 bridgehead atoms. The molecule has 176 valence electrons. The minimum Gasteiger partial charge on any atom is -0.756 e. The molecule has 1 aromatic heterocycles. The van der Waals surface area contributed by atoms with E-state index in [9.17, 15) is 14.3 Å². The number of hydrogen-bond donors (Lipinski definition) is 0. The number of pyridine rings is 1. The molecular formula is C26H31NO5P-. The lowest BCUT2D eigenvalue weighted by atomic mass is 9.94. The van der Waals surface area contributed by atoms with Crippen LogP contribution in [0, 0.1) is 0 Å². The van der Waals surface area contributed by atoms with Crippen molar-refractivity contribution < 1.29 is 23.3 Å². The van der Waals surface area contributed by atoms with Crippen LogP contribution in [0.25, 0.3) is 21.9 Å². The largest absolute Gasteiger partial charge is 0.756 e. The smallest absolute Gasteiger partial charge is 0.268 e. The minimum absolute atomic E-state index is 0.100. The summed E-state index contributed by atoms with van der Waals surface area (Å²) in [5, 5.41) is 2.15. The van der Waals surface area contributed by atoms with Crippen LogP contribution in [-0.2, 0) is 24.8 Å². The molecule has 0 N–H and O–H groups in total. The van der Waals surface area contributed by atoms with Gasteiger partial charge in [0.25, 0.3) is 7.82 Å². The van der Waals surface area contributed by atoms with Crippen molar-refractivity contribution in [3.63, 3.8) is 0 Å². The van der Waals surface area contributed by atoms with Gasteiger partial charge >= 0.3 is 0 Å². The van der Waals surface area contributed by atoms with Crippen molar-refractivity contribution in [2.75, 3.05) is 6.61 Å². The van der Waals surface area contributed by atoms with Crippen molar-refractivity contribution in [3.8, 4) is 11.1 Å². The SMILES string of the molecule is CC(C)OP(=O)([O-])OCCCCCCC(=O)Cc1ncc2ccccc2c1-c1ccccc1. The molecular weight excluding hydrogens is 437 g/mol. The molecule has 0 saturated carbocycles. The fourth-order valence-electron chi connectivity index (χ4n) is 3.78. The monoisotopic (exact) mass is 468 g/mol. The first-order valence-electron chi connectivity index (χ1n) is 11.4. The van der Waals surface area contributed by atoms with Crippen LogP contribution in [0.3, 0.4) is 0 Å². The van der Waals surface area contributed by atoms with E-state index in [-0.39, 0.29) is 12.4 Å². The summed E-state index contributed by atoms with van der Waals surface area (Å²) in [6.45, 7) is 3.38. The zero-order valence-electron chi connectivity index (χ0n) is 19.2. The fourth-order valence-corrected chi connectivity index (χ4v) is 4.71. The third-order valence-electron chi connectivity index (χ3n) is 5.24. The molecule has 0 fully saturated rings. The zero-order chi connectivity index (χ0) is 23.7. The second-order valence-corrected chi connectivity index (χ2v) is 9.71. The van der Waals surface area contributed by atoms with Crippen LogP contribution in [0.5, 0.6) is 0 Å². The van der Waals surface area contributed by atoms with Gasteiger partial charge in [-0.3, -0.25) is 14.3 Å². The van der Waals surface area contributed by atoms with Crippen LogP contribution in [0.1, 0.15) is 51.6 Å². The summed E-state index contributed by atoms with van der Waals surface area (Å²) in [7, 11) is -4.22. The Morgan fingerprint density at radius 3 is 2.45 bits per heavy atom. The van der Waals surface area contributed by atoms with Crippen molar-refractivity contribution in [2.45, 2.75) is 58.5 Å². The average Bonchev–Trinajstić information content (AvgIpc) is 2.78. The van der Waals surface area contributed by atoms with Crippen molar-refractivity contribution >= 4 is 24.4 Å². The van der Waals surface area contributed by atoms with E-state index < -0.39 is 13.9 Å². The number of benzene rings is 2. The predicted molar refractivity (Wildman–Crippen MR) is 129 cm³/mol. The molecule has 1 atom stereocenters. The number of aromatic nitrogens is 1. The molecule has 0 aliphatic carbocycles. The van der Waals surface area contributed by atoms with Crippen molar-refractivity contribution in [3.05, 3.63) is 66.5 Å². The summed E-state index contributed by atoms with van der Waals surface area (Å²) < 4.78 is 21.1. The number of unbranched alkanes of at least 4 members (excludes halogenated alkanes) is 3. The Morgan fingerprint density at radius 2 is 1.70 bits per heavy atom. The predicted octanol–water partition coefficient (Wildman–Crippen LogP) is 5.87. The maximum Gasteiger partial charge on any atom is 0.268 e.